The second-order valence-corrected chi connectivity index (χ2v) is 3.67. The zero-order chi connectivity index (χ0) is 9.97. The smallest absolute Gasteiger partial charge is 0.126 e. The fourth-order valence-corrected chi connectivity index (χ4v) is 1.88. The van der Waals surface area contributed by atoms with Crippen LogP contribution in [0.1, 0.15) is 24.3 Å². The summed E-state index contributed by atoms with van der Waals surface area (Å²) in [4.78, 5) is 0. The van der Waals surface area contributed by atoms with Gasteiger partial charge in [-0.3, -0.25) is 0 Å². The van der Waals surface area contributed by atoms with Gasteiger partial charge in [0.05, 0.1) is 0 Å². The molecule has 0 saturated carbocycles. The summed E-state index contributed by atoms with van der Waals surface area (Å²) in [5.41, 5.74) is 7.01. The minimum absolute atomic E-state index is 0.147. The van der Waals surface area contributed by atoms with Crippen LogP contribution in [0.25, 0.3) is 0 Å². The molecule has 1 saturated heterocycles. The maximum Gasteiger partial charge on any atom is 0.126 e. The van der Waals surface area contributed by atoms with Crippen molar-refractivity contribution in [3.05, 3.63) is 29.6 Å². The lowest BCUT2D eigenvalue weighted by Gasteiger charge is -2.22. The van der Waals surface area contributed by atoms with Crippen molar-refractivity contribution in [3.63, 3.8) is 0 Å². The summed E-state index contributed by atoms with van der Waals surface area (Å²) in [6.07, 6.45) is 1.78. The van der Waals surface area contributed by atoms with E-state index >= 15 is 0 Å². The van der Waals surface area contributed by atoms with Crippen LogP contribution < -0.4 is 5.73 Å². The van der Waals surface area contributed by atoms with E-state index in [0.29, 0.717) is 5.69 Å². The third kappa shape index (κ3) is 1.87. The van der Waals surface area contributed by atoms with Crippen molar-refractivity contribution in [3.8, 4) is 0 Å². The van der Waals surface area contributed by atoms with Gasteiger partial charge in [0.25, 0.3) is 0 Å². The Labute approximate surface area is 82.9 Å². The molecule has 0 radical (unpaired) electrons. The van der Waals surface area contributed by atoms with Crippen LogP contribution in [-0.4, -0.2) is 13.2 Å². The SMILES string of the molecule is Nc1ccc(F)c(C2CCOCC2)c1. The molecule has 2 rings (SSSR count). The van der Waals surface area contributed by atoms with E-state index < -0.39 is 0 Å². The highest BCUT2D eigenvalue weighted by atomic mass is 19.1. The molecule has 2 N–H and O–H groups in total. The van der Waals surface area contributed by atoms with Crippen molar-refractivity contribution >= 4 is 5.69 Å². The van der Waals surface area contributed by atoms with E-state index in [1.165, 1.54) is 6.07 Å². The van der Waals surface area contributed by atoms with Crippen molar-refractivity contribution in [2.24, 2.45) is 0 Å². The van der Waals surface area contributed by atoms with Crippen molar-refractivity contribution in [2.75, 3.05) is 18.9 Å². The van der Waals surface area contributed by atoms with Crippen molar-refractivity contribution in [1.29, 1.82) is 0 Å². The number of anilines is 1. The standard InChI is InChI=1S/C11H14FNO/c12-11-2-1-9(13)7-10(11)8-3-5-14-6-4-8/h1-2,7-8H,3-6,13H2. The average molecular weight is 195 g/mol. The molecule has 0 bridgehead atoms. The summed E-state index contributed by atoms with van der Waals surface area (Å²) < 4.78 is 18.7. The van der Waals surface area contributed by atoms with Gasteiger partial charge >= 0.3 is 0 Å². The van der Waals surface area contributed by atoms with Crippen LogP contribution >= 0.6 is 0 Å². The second kappa shape index (κ2) is 3.96. The molecule has 1 aliphatic heterocycles. The number of halogens is 1. The van der Waals surface area contributed by atoms with Gasteiger partial charge in [0.1, 0.15) is 5.82 Å². The fourth-order valence-electron chi connectivity index (χ4n) is 1.88. The van der Waals surface area contributed by atoms with Gasteiger partial charge in [-0.15, -0.1) is 0 Å². The molecule has 14 heavy (non-hydrogen) atoms. The Morgan fingerprint density at radius 1 is 1.29 bits per heavy atom. The summed E-state index contributed by atoms with van der Waals surface area (Å²) in [5.74, 6) is 0.123. The first-order valence-corrected chi connectivity index (χ1v) is 4.90. The number of nitrogen functional groups attached to an aromatic ring is 1. The van der Waals surface area contributed by atoms with Gasteiger partial charge in [0, 0.05) is 18.9 Å². The van der Waals surface area contributed by atoms with E-state index in [-0.39, 0.29) is 11.7 Å². The largest absolute Gasteiger partial charge is 0.399 e. The molecule has 0 amide bonds. The summed E-state index contributed by atoms with van der Waals surface area (Å²) in [7, 11) is 0. The van der Waals surface area contributed by atoms with E-state index in [0.717, 1.165) is 31.6 Å². The number of hydrogen-bond acceptors (Lipinski definition) is 2. The number of rotatable bonds is 1. The summed E-state index contributed by atoms with van der Waals surface area (Å²) >= 11 is 0. The lowest BCUT2D eigenvalue weighted by Crippen LogP contribution is -2.15. The van der Waals surface area contributed by atoms with Gasteiger partial charge in [-0.05, 0) is 42.5 Å². The first-order chi connectivity index (χ1) is 6.77. The van der Waals surface area contributed by atoms with Crippen LogP contribution in [-0.2, 0) is 4.74 Å². The molecular formula is C11H14FNO. The maximum absolute atomic E-state index is 13.5. The molecule has 3 heteroatoms. The Kier molecular flexibility index (Phi) is 2.68. The topological polar surface area (TPSA) is 35.2 Å². The number of nitrogens with two attached hydrogens (primary N) is 1. The zero-order valence-corrected chi connectivity index (χ0v) is 8.00. The van der Waals surface area contributed by atoms with Gasteiger partial charge in [-0.25, -0.2) is 4.39 Å². The quantitative estimate of drug-likeness (QED) is 0.698. The lowest BCUT2D eigenvalue weighted by molar-refractivity contribution is 0.0846. The van der Waals surface area contributed by atoms with E-state index in [4.69, 9.17) is 10.5 Å². The van der Waals surface area contributed by atoms with Gasteiger partial charge in [0.2, 0.25) is 0 Å². The predicted octanol–water partition coefficient (Wildman–Crippen LogP) is 2.30. The molecule has 1 aromatic rings. The molecule has 0 atom stereocenters. The maximum atomic E-state index is 13.5. The van der Waals surface area contributed by atoms with E-state index in [1.54, 1.807) is 12.1 Å². The molecule has 1 aliphatic rings. The third-order valence-electron chi connectivity index (χ3n) is 2.68. The van der Waals surface area contributed by atoms with Gasteiger partial charge < -0.3 is 10.5 Å². The molecule has 0 unspecified atom stereocenters. The normalized spacial score (nSPS) is 18.4. The molecule has 1 aromatic carbocycles. The molecule has 0 spiro atoms. The van der Waals surface area contributed by atoms with E-state index in [1.807, 2.05) is 0 Å². The number of hydrogen-bond donors (Lipinski definition) is 1. The molecular weight excluding hydrogens is 181 g/mol. The molecule has 1 heterocycles. The second-order valence-electron chi connectivity index (χ2n) is 3.67. The highest BCUT2D eigenvalue weighted by molar-refractivity contribution is 5.42. The van der Waals surface area contributed by atoms with Crippen LogP contribution in [0.15, 0.2) is 18.2 Å². The Balaban J connectivity index is 2.24. The van der Waals surface area contributed by atoms with Gasteiger partial charge in [-0.2, -0.15) is 0 Å². The molecule has 1 fully saturated rings. The highest BCUT2D eigenvalue weighted by Gasteiger charge is 2.19. The van der Waals surface area contributed by atoms with Crippen molar-refractivity contribution in [2.45, 2.75) is 18.8 Å². The molecule has 0 aliphatic carbocycles. The van der Waals surface area contributed by atoms with Crippen LogP contribution in [0.4, 0.5) is 10.1 Å². The Morgan fingerprint density at radius 2 is 2.00 bits per heavy atom. The van der Waals surface area contributed by atoms with E-state index in [2.05, 4.69) is 0 Å². The minimum Gasteiger partial charge on any atom is -0.399 e. The van der Waals surface area contributed by atoms with Crippen LogP contribution in [0.3, 0.4) is 0 Å². The third-order valence-corrected chi connectivity index (χ3v) is 2.68. The average Bonchev–Trinajstić information content (AvgIpc) is 2.23. The molecule has 2 nitrogen and oxygen atoms in total. The fraction of sp³-hybridized carbons (Fsp3) is 0.455. The minimum atomic E-state index is -0.147. The zero-order valence-electron chi connectivity index (χ0n) is 8.00. The van der Waals surface area contributed by atoms with Crippen LogP contribution in [0.2, 0.25) is 0 Å². The first kappa shape index (κ1) is 9.46. The number of ether oxygens (including phenoxy) is 1. The van der Waals surface area contributed by atoms with Crippen LogP contribution in [0, 0.1) is 5.82 Å². The monoisotopic (exact) mass is 195 g/mol. The Morgan fingerprint density at radius 3 is 2.71 bits per heavy atom. The highest BCUT2D eigenvalue weighted by Crippen LogP contribution is 2.29. The Hall–Kier alpha value is -1.09. The number of benzene rings is 1. The summed E-state index contributed by atoms with van der Waals surface area (Å²) in [5, 5.41) is 0. The predicted molar refractivity (Wildman–Crippen MR) is 53.6 cm³/mol. The summed E-state index contributed by atoms with van der Waals surface area (Å²) in [6.45, 7) is 1.44. The van der Waals surface area contributed by atoms with Gasteiger partial charge in [-0.1, -0.05) is 0 Å². The molecule has 0 aromatic heterocycles. The van der Waals surface area contributed by atoms with Crippen LogP contribution in [0.5, 0.6) is 0 Å². The van der Waals surface area contributed by atoms with Gasteiger partial charge in [0.15, 0.2) is 0 Å². The molecule has 76 valence electrons. The lowest BCUT2D eigenvalue weighted by atomic mass is 9.91. The van der Waals surface area contributed by atoms with E-state index in [9.17, 15) is 4.39 Å². The first-order valence-electron chi connectivity index (χ1n) is 4.90. The van der Waals surface area contributed by atoms with Crippen molar-refractivity contribution in [1.82, 2.24) is 0 Å². The summed E-state index contributed by atoms with van der Waals surface area (Å²) in [6, 6.07) is 4.78. The van der Waals surface area contributed by atoms with Crippen molar-refractivity contribution < 1.29 is 9.13 Å². The Bertz CT molecular complexity index is 321.